The van der Waals surface area contributed by atoms with E-state index in [-0.39, 0.29) is 0 Å². The van der Waals surface area contributed by atoms with Gasteiger partial charge < -0.3 is 14.8 Å². The van der Waals surface area contributed by atoms with Crippen LogP contribution in [0.3, 0.4) is 0 Å². The third-order valence-electron chi connectivity index (χ3n) is 3.18. The average Bonchev–Trinajstić information content (AvgIpc) is 2.46. The van der Waals surface area contributed by atoms with Crippen LogP contribution in [0.15, 0.2) is 18.2 Å². The maximum absolute atomic E-state index is 12.4. The van der Waals surface area contributed by atoms with E-state index >= 15 is 0 Å². The van der Waals surface area contributed by atoms with Crippen molar-refractivity contribution < 1.29 is 19.1 Å². The topological polar surface area (TPSA) is 64.6 Å². The molecule has 0 bridgehead atoms. The van der Waals surface area contributed by atoms with Crippen molar-refractivity contribution in [1.82, 2.24) is 5.32 Å². The van der Waals surface area contributed by atoms with Crippen molar-refractivity contribution >= 4 is 23.5 Å². The van der Waals surface area contributed by atoms with Crippen LogP contribution in [0, 0.1) is 0 Å². The second-order valence-electron chi connectivity index (χ2n) is 4.87. The zero-order valence-electron chi connectivity index (χ0n) is 12.7. The van der Waals surface area contributed by atoms with Gasteiger partial charge in [0.25, 0.3) is 5.91 Å². The van der Waals surface area contributed by atoms with Crippen molar-refractivity contribution in [3.8, 4) is 5.75 Å². The summed E-state index contributed by atoms with van der Waals surface area (Å²) in [6.07, 6.45) is 1.20. The van der Waals surface area contributed by atoms with Crippen LogP contribution in [-0.4, -0.2) is 31.6 Å². The lowest BCUT2D eigenvalue weighted by Crippen LogP contribution is -2.52. The molecule has 21 heavy (non-hydrogen) atoms. The minimum absolute atomic E-state index is 0.313. The van der Waals surface area contributed by atoms with Crippen molar-refractivity contribution in [2.24, 2.45) is 0 Å². The van der Waals surface area contributed by atoms with Gasteiger partial charge in [0.15, 0.2) is 0 Å². The van der Waals surface area contributed by atoms with E-state index in [9.17, 15) is 9.59 Å². The Hall–Kier alpha value is -1.75. The molecule has 1 aromatic rings. The van der Waals surface area contributed by atoms with Gasteiger partial charge >= 0.3 is 5.97 Å². The highest BCUT2D eigenvalue weighted by atomic mass is 35.5. The van der Waals surface area contributed by atoms with E-state index in [1.165, 1.54) is 14.2 Å². The summed E-state index contributed by atoms with van der Waals surface area (Å²) in [5.41, 5.74) is -0.765. The molecular weight excluding hydrogens is 294 g/mol. The first-order valence-corrected chi connectivity index (χ1v) is 7.00. The van der Waals surface area contributed by atoms with Gasteiger partial charge in [-0.3, -0.25) is 4.79 Å². The number of hydrogen-bond acceptors (Lipinski definition) is 4. The number of carbonyl (C=O) groups is 2. The minimum atomic E-state index is -1.08. The summed E-state index contributed by atoms with van der Waals surface area (Å²) in [6, 6.07) is 4.69. The number of hydrogen-bond donors (Lipinski definition) is 1. The van der Waals surface area contributed by atoms with E-state index in [0.29, 0.717) is 22.8 Å². The molecule has 0 aliphatic rings. The van der Waals surface area contributed by atoms with Gasteiger partial charge in [-0.15, -0.1) is 0 Å². The normalized spacial score (nSPS) is 13.2. The Morgan fingerprint density at radius 2 is 2.00 bits per heavy atom. The van der Waals surface area contributed by atoms with E-state index in [4.69, 9.17) is 21.1 Å². The molecule has 6 heteroatoms. The second-order valence-corrected chi connectivity index (χ2v) is 5.31. The van der Waals surface area contributed by atoms with Gasteiger partial charge in [0.1, 0.15) is 11.3 Å². The van der Waals surface area contributed by atoms with Crippen LogP contribution in [0.5, 0.6) is 5.75 Å². The van der Waals surface area contributed by atoms with Gasteiger partial charge in [-0.1, -0.05) is 24.9 Å². The molecule has 116 valence electrons. The lowest BCUT2D eigenvalue weighted by atomic mass is 9.95. The van der Waals surface area contributed by atoms with Crippen LogP contribution in [0.4, 0.5) is 0 Å². The van der Waals surface area contributed by atoms with Crippen LogP contribution < -0.4 is 10.1 Å². The third-order valence-corrected chi connectivity index (χ3v) is 3.42. The fourth-order valence-corrected chi connectivity index (χ4v) is 2.27. The molecule has 1 N–H and O–H groups in total. The fraction of sp³-hybridized carbons (Fsp3) is 0.467. The van der Waals surface area contributed by atoms with Crippen LogP contribution in [0.25, 0.3) is 0 Å². The summed E-state index contributed by atoms with van der Waals surface area (Å²) in [5, 5.41) is 3.18. The van der Waals surface area contributed by atoms with E-state index in [2.05, 4.69) is 5.32 Å². The van der Waals surface area contributed by atoms with Crippen LogP contribution in [0.2, 0.25) is 5.02 Å². The summed E-state index contributed by atoms with van der Waals surface area (Å²) >= 11 is 5.87. The Balaban J connectivity index is 3.05. The molecule has 1 rings (SSSR count). The number of carbonyl (C=O) groups excluding carboxylic acids is 2. The summed E-state index contributed by atoms with van der Waals surface area (Å²) in [7, 11) is 2.75. The zero-order valence-corrected chi connectivity index (χ0v) is 13.4. The summed E-state index contributed by atoms with van der Waals surface area (Å²) in [5.74, 6) is -0.542. The highest BCUT2D eigenvalue weighted by Gasteiger charge is 2.35. The smallest absolute Gasteiger partial charge is 0.331 e. The predicted octanol–water partition coefficient (Wildman–Crippen LogP) is 2.81. The quantitative estimate of drug-likeness (QED) is 0.820. The van der Waals surface area contributed by atoms with E-state index < -0.39 is 17.4 Å². The number of halogens is 1. The van der Waals surface area contributed by atoms with Gasteiger partial charge in [-0.25, -0.2) is 4.79 Å². The number of ether oxygens (including phenoxy) is 2. The molecule has 0 aliphatic heterocycles. The Bertz CT molecular complexity index is 532. The summed E-state index contributed by atoms with van der Waals surface area (Å²) in [4.78, 5) is 24.3. The van der Waals surface area contributed by atoms with Crippen molar-refractivity contribution in [2.75, 3.05) is 14.2 Å². The Morgan fingerprint density at radius 3 is 2.52 bits per heavy atom. The molecule has 5 nitrogen and oxygen atoms in total. The van der Waals surface area contributed by atoms with Crippen LogP contribution >= 0.6 is 11.6 Å². The Labute approximate surface area is 129 Å². The highest BCUT2D eigenvalue weighted by Crippen LogP contribution is 2.24. The maximum Gasteiger partial charge on any atom is 0.331 e. The first kappa shape index (κ1) is 17.3. The lowest BCUT2D eigenvalue weighted by molar-refractivity contribution is -0.147. The average molecular weight is 314 g/mol. The first-order valence-electron chi connectivity index (χ1n) is 6.62. The van der Waals surface area contributed by atoms with Gasteiger partial charge in [-0.2, -0.15) is 0 Å². The van der Waals surface area contributed by atoms with Crippen molar-refractivity contribution in [3.63, 3.8) is 0 Å². The van der Waals surface area contributed by atoms with Crippen LogP contribution in [-0.2, 0) is 9.53 Å². The van der Waals surface area contributed by atoms with Crippen LogP contribution in [0.1, 0.15) is 37.0 Å². The number of methoxy groups -OCH3 is 2. The fourth-order valence-electron chi connectivity index (χ4n) is 2.11. The molecule has 1 unspecified atom stereocenters. The molecule has 0 fully saturated rings. The summed E-state index contributed by atoms with van der Waals surface area (Å²) in [6.45, 7) is 3.57. The molecule has 0 aliphatic carbocycles. The maximum atomic E-state index is 12.4. The number of rotatable bonds is 6. The number of esters is 1. The van der Waals surface area contributed by atoms with E-state index in [1.807, 2.05) is 6.92 Å². The molecule has 0 saturated heterocycles. The third kappa shape index (κ3) is 4.11. The van der Waals surface area contributed by atoms with Gasteiger partial charge in [0.2, 0.25) is 0 Å². The second kappa shape index (κ2) is 7.31. The molecule has 1 aromatic carbocycles. The molecule has 0 heterocycles. The molecular formula is C15H20ClNO4. The van der Waals surface area contributed by atoms with E-state index in [0.717, 1.165) is 6.42 Å². The minimum Gasteiger partial charge on any atom is -0.496 e. The largest absolute Gasteiger partial charge is 0.496 e. The highest BCUT2D eigenvalue weighted by molar-refractivity contribution is 6.30. The molecule has 1 amide bonds. The molecule has 0 spiro atoms. The Kier molecular flexibility index (Phi) is 6.03. The molecule has 1 atom stereocenters. The number of nitrogens with one attached hydrogen (secondary N) is 1. The number of benzene rings is 1. The van der Waals surface area contributed by atoms with Crippen molar-refractivity contribution in [1.29, 1.82) is 0 Å². The first-order chi connectivity index (χ1) is 9.87. The van der Waals surface area contributed by atoms with E-state index in [1.54, 1.807) is 25.1 Å². The number of amides is 1. The molecule has 0 saturated carbocycles. The lowest BCUT2D eigenvalue weighted by Gasteiger charge is -2.27. The van der Waals surface area contributed by atoms with Crippen molar-refractivity contribution in [2.45, 2.75) is 32.2 Å². The van der Waals surface area contributed by atoms with Gasteiger partial charge in [0.05, 0.1) is 19.8 Å². The molecule has 0 aromatic heterocycles. The summed E-state index contributed by atoms with van der Waals surface area (Å²) < 4.78 is 9.92. The monoisotopic (exact) mass is 313 g/mol. The van der Waals surface area contributed by atoms with Gasteiger partial charge in [0, 0.05) is 5.02 Å². The zero-order chi connectivity index (χ0) is 16.0. The standard InChI is InChI=1S/C15H20ClNO4/c1-5-8-15(2,14(19)21-4)17-13(18)11-7-6-10(16)9-12(11)20-3/h6-7,9H,5,8H2,1-4H3,(H,17,18). The Morgan fingerprint density at radius 1 is 1.33 bits per heavy atom. The molecule has 0 radical (unpaired) electrons. The van der Waals surface area contributed by atoms with Crippen molar-refractivity contribution in [3.05, 3.63) is 28.8 Å². The SMILES string of the molecule is CCCC(C)(NC(=O)c1ccc(Cl)cc1OC)C(=O)OC. The van der Waals surface area contributed by atoms with Gasteiger partial charge in [-0.05, 0) is 31.5 Å². The predicted molar refractivity (Wildman–Crippen MR) is 80.8 cm³/mol.